The molecule has 0 aliphatic carbocycles. The second kappa shape index (κ2) is 8.77. The molecule has 0 saturated carbocycles. The van der Waals surface area contributed by atoms with Crippen LogP contribution in [-0.2, 0) is 11.3 Å². The Kier molecular flexibility index (Phi) is 5.95. The maximum absolute atomic E-state index is 10.9. The minimum absolute atomic E-state index is 0.0286. The predicted molar refractivity (Wildman–Crippen MR) is 97.5 cm³/mol. The molecule has 0 fully saturated rings. The number of nitro groups is 1. The number of nitro benzene ring substituents is 1. The van der Waals surface area contributed by atoms with E-state index in [2.05, 4.69) is 15.5 Å². The van der Waals surface area contributed by atoms with Gasteiger partial charge in [-0.05, 0) is 12.1 Å². The summed E-state index contributed by atoms with van der Waals surface area (Å²) in [6, 6.07) is 13.6. The minimum atomic E-state index is -0.466. The van der Waals surface area contributed by atoms with E-state index in [1.807, 2.05) is 24.3 Å². The van der Waals surface area contributed by atoms with Crippen LogP contribution in [0, 0.1) is 10.1 Å². The third-order valence-corrected chi connectivity index (χ3v) is 3.65. The molecule has 0 bridgehead atoms. The van der Waals surface area contributed by atoms with Gasteiger partial charge in [0.2, 0.25) is 11.7 Å². The Morgan fingerprint density at radius 3 is 2.85 bits per heavy atom. The lowest BCUT2D eigenvalue weighted by Gasteiger charge is -2.11. The van der Waals surface area contributed by atoms with Crippen LogP contribution in [0.3, 0.4) is 0 Å². The van der Waals surface area contributed by atoms with Crippen LogP contribution in [0.15, 0.2) is 53.1 Å². The van der Waals surface area contributed by atoms with Crippen molar-refractivity contribution < 1.29 is 18.9 Å². The van der Waals surface area contributed by atoms with E-state index in [1.165, 1.54) is 12.1 Å². The quantitative estimate of drug-likeness (QED) is 0.347. The molecule has 0 atom stereocenters. The highest BCUT2D eigenvalue weighted by Crippen LogP contribution is 2.25. The number of methoxy groups -OCH3 is 1. The van der Waals surface area contributed by atoms with E-state index in [4.69, 9.17) is 14.0 Å². The van der Waals surface area contributed by atoms with Gasteiger partial charge in [0.25, 0.3) is 5.69 Å². The van der Waals surface area contributed by atoms with Crippen LogP contribution in [0.1, 0.15) is 5.89 Å². The Morgan fingerprint density at radius 2 is 2.04 bits per heavy atom. The molecule has 0 unspecified atom stereocenters. The molecular weight excluding hydrogens is 352 g/mol. The average molecular weight is 370 g/mol. The predicted octanol–water partition coefficient (Wildman–Crippen LogP) is 3.28. The molecule has 0 radical (unpaired) electrons. The minimum Gasteiger partial charge on any atom is -0.489 e. The Labute approximate surface area is 155 Å². The van der Waals surface area contributed by atoms with Crippen molar-refractivity contribution in [3.63, 3.8) is 0 Å². The van der Waals surface area contributed by atoms with E-state index in [0.717, 1.165) is 5.69 Å². The van der Waals surface area contributed by atoms with Crippen molar-refractivity contribution in [1.82, 2.24) is 10.1 Å². The Morgan fingerprint density at radius 1 is 1.19 bits per heavy atom. The second-order valence-electron chi connectivity index (χ2n) is 5.51. The molecule has 9 nitrogen and oxygen atoms in total. The Hall–Kier alpha value is -3.46. The summed E-state index contributed by atoms with van der Waals surface area (Å²) in [5.41, 5.74) is 1.27. The van der Waals surface area contributed by atoms with Gasteiger partial charge in [0.15, 0.2) is 0 Å². The van der Waals surface area contributed by atoms with Gasteiger partial charge < -0.3 is 19.3 Å². The molecule has 2 aromatic carbocycles. The summed E-state index contributed by atoms with van der Waals surface area (Å²) in [5, 5.41) is 18.0. The maximum atomic E-state index is 10.9. The summed E-state index contributed by atoms with van der Waals surface area (Å²) in [6.07, 6.45) is 0. The molecule has 9 heteroatoms. The first kappa shape index (κ1) is 18.3. The molecule has 0 aliphatic heterocycles. The second-order valence-corrected chi connectivity index (χ2v) is 5.51. The fraction of sp³-hybridized carbons (Fsp3) is 0.222. The van der Waals surface area contributed by atoms with E-state index in [0.29, 0.717) is 36.2 Å². The number of hydrogen-bond donors (Lipinski definition) is 1. The lowest BCUT2D eigenvalue weighted by molar-refractivity contribution is -0.384. The van der Waals surface area contributed by atoms with E-state index >= 15 is 0 Å². The van der Waals surface area contributed by atoms with Gasteiger partial charge in [-0.1, -0.05) is 29.4 Å². The van der Waals surface area contributed by atoms with Gasteiger partial charge in [-0.15, -0.1) is 0 Å². The van der Waals surface area contributed by atoms with E-state index < -0.39 is 4.92 Å². The van der Waals surface area contributed by atoms with Gasteiger partial charge in [-0.25, -0.2) is 0 Å². The number of non-ortho nitro benzene ring substituents is 1. The van der Waals surface area contributed by atoms with Crippen molar-refractivity contribution in [2.45, 2.75) is 6.54 Å². The number of hydrogen-bond acceptors (Lipinski definition) is 8. The molecule has 1 N–H and O–H groups in total. The highest BCUT2D eigenvalue weighted by atomic mass is 16.6. The molecule has 0 aliphatic rings. The Bertz CT molecular complexity index is 912. The lowest BCUT2D eigenvalue weighted by Crippen LogP contribution is -2.07. The fourth-order valence-electron chi connectivity index (χ4n) is 2.35. The number of anilines is 1. The zero-order chi connectivity index (χ0) is 19.1. The van der Waals surface area contributed by atoms with E-state index in [-0.39, 0.29) is 12.2 Å². The van der Waals surface area contributed by atoms with E-state index in [9.17, 15) is 10.1 Å². The van der Waals surface area contributed by atoms with Crippen LogP contribution in [0.4, 0.5) is 11.4 Å². The van der Waals surface area contributed by atoms with Gasteiger partial charge in [0.1, 0.15) is 12.4 Å². The van der Waals surface area contributed by atoms with Crippen molar-refractivity contribution in [2.75, 3.05) is 25.6 Å². The number of nitrogens with zero attached hydrogens (tertiary/aromatic N) is 3. The number of rotatable bonds is 9. The zero-order valence-electron chi connectivity index (χ0n) is 14.6. The van der Waals surface area contributed by atoms with Gasteiger partial charge in [-0.3, -0.25) is 10.1 Å². The fourth-order valence-corrected chi connectivity index (χ4v) is 2.35. The highest BCUT2D eigenvalue weighted by molar-refractivity contribution is 5.59. The van der Waals surface area contributed by atoms with Crippen molar-refractivity contribution in [3.8, 4) is 17.1 Å². The first-order valence-corrected chi connectivity index (χ1v) is 8.19. The molecule has 3 aromatic rings. The molecule has 1 heterocycles. The van der Waals surface area contributed by atoms with Crippen molar-refractivity contribution in [1.29, 1.82) is 0 Å². The summed E-state index contributed by atoms with van der Waals surface area (Å²) in [4.78, 5) is 14.7. The van der Waals surface area contributed by atoms with Crippen molar-refractivity contribution in [3.05, 3.63) is 64.5 Å². The molecule has 1 aromatic heterocycles. The molecule has 0 amide bonds. The first-order chi connectivity index (χ1) is 13.2. The van der Waals surface area contributed by atoms with Gasteiger partial charge in [-0.2, -0.15) is 4.98 Å². The van der Waals surface area contributed by atoms with Crippen LogP contribution >= 0.6 is 0 Å². The average Bonchev–Trinajstić information content (AvgIpc) is 3.16. The van der Waals surface area contributed by atoms with Crippen LogP contribution in [0.2, 0.25) is 0 Å². The first-order valence-electron chi connectivity index (χ1n) is 8.19. The van der Waals surface area contributed by atoms with Crippen molar-refractivity contribution >= 4 is 11.4 Å². The summed E-state index contributed by atoms with van der Waals surface area (Å²) < 4.78 is 15.9. The normalized spacial score (nSPS) is 10.6. The van der Waals surface area contributed by atoms with Gasteiger partial charge >= 0.3 is 0 Å². The summed E-state index contributed by atoms with van der Waals surface area (Å²) in [5.74, 6) is 1.33. The molecule has 140 valence electrons. The van der Waals surface area contributed by atoms with E-state index in [1.54, 1.807) is 19.2 Å². The molecule has 0 spiro atoms. The number of ether oxygens (including phenoxy) is 2. The summed E-state index contributed by atoms with van der Waals surface area (Å²) >= 11 is 0. The highest BCUT2D eigenvalue weighted by Gasteiger charge is 2.13. The van der Waals surface area contributed by atoms with Crippen LogP contribution in [0.25, 0.3) is 11.4 Å². The molecule has 0 saturated heterocycles. The topological polar surface area (TPSA) is 113 Å². The third-order valence-electron chi connectivity index (χ3n) is 3.65. The van der Waals surface area contributed by atoms with Crippen molar-refractivity contribution in [2.24, 2.45) is 0 Å². The number of aromatic nitrogens is 2. The summed E-state index contributed by atoms with van der Waals surface area (Å²) in [7, 11) is 1.61. The number of para-hydroxylation sites is 2. The number of benzene rings is 2. The van der Waals surface area contributed by atoms with Gasteiger partial charge in [0, 0.05) is 24.8 Å². The van der Waals surface area contributed by atoms with Gasteiger partial charge in [0.05, 0.1) is 23.8 Å². The standard InChI is InChI=1S/C18H18N4O5/c1-25-9-10-26-16-8-3-2-7-15(16)19-12-17-20-18(21-27-17)13-5-4-6-14(11-13)22(23)24/h2-8,11,19H,9-10,12H2,1H3. The number of nitrogens with one attached hydrogen (secondary N) is 1. The smallest absolute Gasteiger partial charge is 0.270 e. The lowest BCUT2D eigenvalue weighted by atomic mass is 10.2. The maximum Gasteiger partial charge on any atom is 0.270 e. The van der Waals surface area contributed by atoms with Crippen LogP contribution in [0.5, 0.6) is 5.75 Å². The molecule has 3 rings (SSSR count). The summed E-state index contributed by atoms with van der Waals surface area (Å²) in [6.45, 7) is 1.21. The zero-order valence-corrected chi connectivity index (χ0v) is 14.6. The van der Waals surface area contributed by atoms with Crippen LogP contribution in [-0.4, -0.2) is 35.4 Å². The molecule has 27 heavy (non-hydrogen) atoms. The largest absolute Gasteiger partial charge is 0.489 e. The monoisotopic (exact) mass is 370 g/mol. The third kappa shape index (κ3) is 4.79. The van der Waals surface area contributed by atoms with Crippen LogP contribution < -0.4 is 10.1 Å². The molecular formula is C18H18N4O5. The SMILES string of the molecule is COCCOc1ccccc1NCc1nc(-c2cccc([N+](=O)[O-])c2)no1. The Balaban J connectivity index is 1.67.